The van der Waals surface area contributed by atoms with Crippen LogP contribution < -0.4 is 15.6 Å². The van der Waals surface area contributed by atoms with Crippen molar-refractivity contribution in [1.29, 1.82) is 0 Å². The number of aromatic hydroxyl groups is 1. The Kier molecular flexibility index (Phi) is 7.65. The van der Waals surface area contributed by atoms with E-state index in [9.17, 15) is 28.7 Å². The Morgan fingerprint density at radius 2 is 1.82 bits per heavy atom. The SMILES string of the molecule is COc1cc(F)ccc1CNC(=O)c1nc(C(C)(C)N(C)C(=O)C(=O)N(C)C)n(C)c(=O)c1O. The van der Waals surface area contributed by atoms with Gasteiger partial charge in [-0.2, -0.15) is 0 Å². The van der Waals surface area contributed by atoms with Crippen molar-refractivity contribution in [3.63, 3.8) is 0 Å². The first-order valence-electron chi connectivity index (χ1n) is 10.1. The van der Waals surface area contributed by atoms with Crippen molar-refractivity contribution in [2.24, 2.45) is 7.05 Å². The van der Waals surface area contributed by atoms with Crippen molar-refractivity contribution < 1.29 is 28.6 Å². The van der Waals surface area contributed by atoms with Crippen LogP contribution in [0.15, 0.2) is 23.0 Å². The number of benzene rings is 1. The molecule has 1 heterocycles. The molecule has 1 aromatic heterocycles. The van der Waals surface area contributed by atoms with Crippen LogP contribution in [-0.4, -0.2) is 70.4 Å². The lowest BCUT2D eigenvalue weighted by atomic mass is 10.0. The molecule has 0 aliphatic rings. The Morgan fingerprint density at radius 3 is 2.38 bits per heavy atom. The molecule has 0 fully saturated rings. The molecule has 184 valence electrons. The number of likely N-dealkylation sites (N-methyl/N-ethyl adjacent to an activating group) is 2. The minimum absolute atomic E-state index is 0.0396. The van der Waals surface area contributed by atoms with Gasteiger partial charge in [0, 0.05) is 46.4 Å². The maximum Gasteiger partial charge on any atom is 0.312 e. The Labute approximate surface area is 195 Å². The van der Waals surface area contributed by atoms with E-state index in [0.29, 0.717) is 5.56 Å². The topological polar surface area (TPSA) is 134 Å². The molecule has 0 unspecified atom stereocenters. The van der Waals surface area contributed by atoms with Gasteiger partial charge < -0.3 is 25.0 Å². The third-order valence-corrected chi connectivity index (χ3v) is 5.45. The molecule has 2 aromatic rings. The van der Waals surface area contributed by atoms with Crippen molar-refractivity contribution in [3.8, 4) is 11.5 Å². The Morgan fingerprint density at radius 1 is 1.21 bits per heavy atom. The predicted octanol–water partition coefficient (Wildman–Crippen LogP) is 0.345. The maximum atomic E-state index is 13.4. The number of halogens is 1. The smallest absolute Gasteiger partial charge is 0.312 e. The third-order valence-electron chi connectivity index (χ3n) is 5.45. The summed E-state index contributed by atoms with van der Waals surface area (Å²) in [5.41, 5.74) is -2.34. The van der Waals surface area contributed by atoms with Gasteiger partial charge in [-0.25, -0.2) is 9.37 Å². The molecule has 0 saturated carbocycles. The first kappa shape index (κ1) is 26.3. The van der Waals surface area contributed by atoms with Gasteiger partial charge >= 0.3 is 11.8 Å². The summed E-state index contributed by atoms with van der Waals surface area (Å²) < 4.78 is 19.5. The van der Waals surface area contributed by atoms with Crippen molar-refractivity contribution in [1.82, 2.24) is 24.7 Å². The molecule has 12 heteroatoms. The molecule has 0 radical (unpaired) electrons. The second-order valence-electron chi connectivity index (χ2n) is 8.26. The number of amides is 3. The van der Waals surface area contributed by atoms with Crippen LogP contribution in [0.4, 0.5) is 4.39 Å². The van der Waals surface area contributed by atoms with E-state index in [2.05, 4.69) is 10.3 Å². The molecular weight excluding hydrogens is 449 g/mol. The molecule has 0 bridgehead atoms. The molecule has 11 nitrogen and oxygen atoms in total. The number of methoxy groups -OCH3 is 1. The lowest BCUT2D eigenvalue weighted by Gasteiger charge is -2.36. The van der Waals surface area contributed by atoms with E-state index in [1.165, 1.54) is 61.3 Å². The molecule has 1 aromatic carbocycles. The van der Waals surface area contributed by atoms with Crippen LogP contribution in [-0.2, 0) is 28.7 Å². The van der Waals surface area contributed by atoms with Gasteiger partial charge in [-0.15, -0.1) is 0 Å². The Hall–Kier alpha value is -3.96. The number of ether oxygens (including phenoxy) is 1. The van der Waals surface area contributed by atoms with E-state index < -0.39 is 46.1 Å². The van der Waals surface area contributed by atoms with Gasteiger partial charge in [0.25, 0.3) is 11.5 Å². The lowest BCUT2D eigenvalue weighted by Crippen LogP contribution is -2.51. The van der Waals surface area contributed by atoms with Gasteiger partial charge in [-0.1, -0.05) is 6.07 Å². The highest BCUT2D eigenvalue weighted by atomic mass is 19.1. The van der Waals surface area contributed by atoms with Gasteiger partial charge in [-0.3, -0.25) is 23.7 Å². The van der Waals surface area contributed by atoms with E-state index in [1.54, 1.807) is 0 Å². The van der Waals surface area contributed by atoms with Crippen molar-refractivity contribution in [2.45, 2.75) is 25.9 Å². The molecule has 0 saturated heterocycles. The molecule has 2 N–H and O–H groups in total. The minimum Gasteiger partial charge on any atom is -0.501 e. The quantitative estimate of drug-likeness (QED) is 0.573. The van der Waals surface area contributed by atoms with Crippen LogP contribution in [0.25, 0.3) is 0 Å². The Balaban J connectivity index is 2.44. The van der Waals surface area contributed by atoms with Crippen molar-refractivity contribution in [3.05, 3.63) is 51.5 Å². The number of nitrogens with zero attached hydrogens (tertiary/aromatic N) is 4. The molecule has 2 rings (SSSR count). The Bertz CT molecular complexity index is 1190. The van der Waals surface area contributed by atoms with Crippen LogP contribution >= 0.6 is 0 Å². The van der Waals surface area contributed by atoms with Crippen LogP contribution in [0.5, 0.6) is 11.5 Å². The summed E-state index contributed by atoms with van der Waals surface area (Å²) in [5.74, 6) is -3.76. The van der Waals surface area contributed by atoms with Crippen LogP contribution in [0, 0.1) is 5.82 Å². The molecule has 0 aliphatic carbocycles. The summed E-state index contributed by atoms with van der Waals surface area (Å²) >= 11 is 0. The van der Waals surface area contributed by atoms with E-state index in [0.717, 1.165) is 20.4 Å². The van der Waals surface area contributed by atoms with Gasteiger partial charge in [-0.05, 0) is 19.9 Å². The summed E-state index contributed by atoms with van der Waals surface area (Å²) in [4.78, 5) is 56.6. The number of nitrogens with one attached hydrogen (secondary N) is 1. The number of hydrogen-bond donors (Lipinski definition) is 2. The highest BCUT2D eigenvalue weighted by Crippen LogP contribution is 2.26. The number of hydrogen-bond acceptors (Lipinski definition) is 7. The van der Waals surface area contributed by atoms with E-state index in [4.69, 9.17) is 4.74 Å². The van der Waals surface area contributed by atoms with Gasteiger partial charge in [0.1, 0.15) is 17.4 Å². The highest BCUT2D eigenvalue weighted by molar-refractivity contribution is 6.34. The zero-order valence-corrected chi connectivity index (χ0v) is 20.1. The number of carbonyl (C=O) groups is 3. The average Bonchev–Trinajstić information content (AvgIpc) is 2.79. The summed E-state index contributed by atoms with van der Waals surface area (Å²) in [7, 11) is 6.89. The molecule has 34 heavy (non-hydrogen) atoms. The standard InChI is InChI=1S/C22H28FN5O6/c1-22(2,28(6)20(33)19(32)26(3)4)21-25-15(16(29)18(31)27(21)5)17(30)24-11-12-8-9-13(23)10-14(12)34-7/h8-10,29H,11H2,1-7H3,(H,24,30). The molecule has 0 spiro atoms. The van der Waals surface area contributed by atoms with E-state index >= 15 is 0 Å². The fraction of sp³-hybridized carbons (Fsp3) is 0.409. The monoisotopic (exact) mass is 477 g/mol. The van der Waals surface area contributed by atoms with Gasteiger partial charge in [0.15, 0.2) is 5.69 Å². The van der Waals surface area contributed by atoms with Crippen LogP contribution in [0.3, 0.4) is 0 Å². The fourth-order valence-electron chi connectivity index (χ4n) is 3.16. The first-order chi connectivity index (χ1) is 15.7. The van der Waals surface area contributed by atoms with Crippen LogP contribution in [0.2, 0.25) is 0 Å². The number of aromatic nitrogens is 2. The van der Waals surface area contributed by atoms with Crippen LogP contribution in [0.1, 0.15) is 35.7 Å². The number of carbonyl (C=O) groups excluding carboxylic acids is 3. The third kappa shape index (κ3) is 5.00. The van der Waals surface area contributed by atoms with Crippen molar-refractivity contribution >= 4 is 17.7 Å². The average molecular weight is 477 g/mol. The van der Waals surface area contributed by atoms with Gasteiger partial charge in [0.2, 0.25) is 5.75 Å². The summed E-state index contributed by atoms with van der Waals surface area (Å²) in [6.07, 6.45) is 0. The summed E-state index contributed by atoms with van der Waals surface area (Å²) in [6, 6.07) is 3.76. The summed E-state index contributed by atoms with van der Waals surface area (Å²) in [6.45, 7) is 2.97. The predicted molar refractivity (Wildman–Crippen MR) is 120 cm³/mol. The second-order valence-corrected chi connectivity index (χ2v) is 8.26. The fourth-order valence-corrected chi connectivity index (χ4v) is 3.16. The summed E-state index contributed by atoms with van der Waals surface area (Å²) in [5, 5.41) is 12.8. The zero-order valence-electron chi connectivity index (χ0n) is 20.1. The highest BCUT2D eigenvalue weighted by Gasteiger charge is 2.38. The second kappa shape index (κ2) is 9.89. The van der Waals surface area contributed by atoms with Crippen molar-refractivity contribution in [2.75, 3.05) is 28.3 Å². The minimum atomic E-state index is -1.32. The molecule has 0 aliphatic heterocycles. The zero-order chi connectivity index (χ0) is 26.0. The molecule has 3 amide bonds. The number of rotatable bonds is 6. The first-order valence-corrected chi connectivity index (χ1v) is 10.1. The van der Waals surface area contributed by atoms with E-state index in [1.807, 2.05) is 0 Å². The molecular formula is C22H28FN5O6. The normalized spacial score (nSPS) is 11.1. The lowest BCUT2D eigenvalue weighted by molar-refractivity contribution is -0.152. The van der Waals surface area contributed by atoms with Gasteiger partial charge in [0.05, 0.1) is 12.6 Å². The largest absolute Gasteiger partial charge is 0.501 e. The molecule has 0 atom stereocenters. The van der Waals surface area contributed by atoms with E-state index in [-0.39, 0.29) is 18.1 Å². The maximum absolute atomic E-state index is 13.4.